The molecule has 0 aliphatic heterocycles. The van der Waals surface area contributed by atoms with Gasteiger partial charge in [0.15, 0.2) is 0 Å². The number of aryl methyl sites for hydroxylation is 1. The molecule has 0 amide bonds. The third-order valence-corrected chi connectivity index (χ3v) is 6.90. The van der Waals surface area contributed by atoms with Crippen LogP contribution in [0.2, 0.25) is 0 Å². The average Bonchev–Trinajstić information content (AvgIpc) is 3.24. The van der Waals surface area contributed by atoms with Crippen molar-refractivity contribution in [2.24, 2.45) is 17.8 Å². The third-order valence-electron chi connectivity index (χ3n) is 6.90. The van der Waals surface area contributed by atoms with Crippen molar-refractivity contribution < 1.29 is 15.3 Å². The second kappa shape index (κ2) is 12.5. The van der Waals surface area contributed by atoms with Crippen molar-refractivity contribution in [1.29, 1.82) is 0 Å². The van der Waals surface area contributed by atoms with Crippen LogP contribution < -0.4 is 5.32 Å². The minimum Gasteiger partial charge on any atom is -0.396 e. The van der Waals surface area contributed by atoms with Crippen LogP contribution in [0.3, 0.4) is 0 Å². The van der Waals surface area contributed by atoms with E-state index in [-0.39, 0.29) is 18.6 Å². The fourth-order valence-corrected chi connectivity index (χ4v) is 5.30. The molecule has 1 aromatic carbocycles. The number of nitrogens with one attached hydrogen (secondary N) is 1. The summed E-state index contributed by atoms with van der Waals surface area (Å²) in [5.41, 5.74) is 3.93. The molecule has 0 heterocycles. The molecular weight excluding hydrogens is 386 g/mol. The average molecular weight is 428 g/mol. The van der Waals surface area contributed by atoms with Crippen molar-refractivity contribution >= 4 is 0 Å². The number of hydrogen-bond donors (Lipinski definition) is 4. The number of unbranched alkanes of at least 4 members (excludes halogenated alkanes) is 2. The monoisotopic (exact) mass is 427 g/mol. The molecule has 1 fully saturated rings. The van der Waals surface area contributed by atoms with Crippen molar-refractivity contribution in [3.63, 3.8) is 0 Å². The van der Waals surface area contributed by atoms with Crippen molar-refractivity contribution in [3.8, 4) is 0 Å². The van der Waals surface area contributed by atoms with Gasteiger partial charge in [0.2, 0.25) is 0 Å². The second-order valence-corrected chi connectivity index (χ2v) is 9.52. The standard InChI is InChI=1S/C27H41NO3/c1-20-7-5-9-21(15-20)17-24(30)10-11-25-26-18-22(16-23(26)19-27(25)31)8-3-2-4-12-28-13-6-14-29/h5,7,9-11,15-16,23-31H,2-4,6,8,12-14,17-19H2,1H3/b11-10+/t23-,24+,25+,26-,27+/m0/s1. The Morgan fingerprint density at radius 1 is 1.16 bits per heavy atom. The normalized spacial score (nSPS) is 26.4. The maximum atomic E-state index is 10.6. The van der Waals surface area contributed by atoms with Crippen LogP contribution in [0.5, 0.6) is 0 Å². The lowest BCUT2D eigenvalue weighted by Crippen LogP contribution is -2.18. The van der Waals surface area contributed by atoms with Gasteiger partial charge in [-0.25, -0.2) is 0 Å². The Labute approximate surface area is 188 Å². The smallest absolute Gasteiger partial charge is 0.0761 e. The fraction of sp³-hybridized carbons (Fsp3) is 0.630. The van der Waals surface area contributed by atoms with Gasteiger partial charge in [0.1, 0.15) is 0 Å². The molecule has 0 spiro atoms. The highest BCUT2D eigenvalue weighted by molar-refractivity contribution is 5.24. The molecule has 5 atom stereocenters. The molecule has 1 saturated carbocycles. The van der Waals surface area contributed by atoms with Crippen LogP contribution in [0.15, 0.2) is 48.1 Å². The molecule has 0 saturated heterocycles. The number of fused-ring (bicyclic) bond motifs is 1. The SMILES string of the molecule is Cc1cccc(C[C@H](O)/C=C/[C@@H]2[C@H]3CC(CCCCCNCCCO)=C[C@H]3C[C@H]2O)c1. The molecule has 2 aliphatic rings. The van der Waals surface area contributed by atoms with E-state index in [0.29, 0.717) is 18.3 Å². The quantitative estimate of drug-likeness (QED) is 0.284. The zero-order valence-corrected chi connectivity index (χ0v) is 19.0. The fourth-order valence-electron chi connectivity index (χ4n) is 5.30. The molecule has 0 aromatic heterocycles. The molecular formula is C27H41NO3. The van der Waals surface area contributed by atoms with E-state index in [1.807, 2.05) is 12.1 Å². The van der Waals surface area contributed by atoms with Gasteiger partial charge in [0.25, 0.3) is 0 Å². The van der Waals surface area contributed by atoms with Crippen LogP contribution in [0, 0.1) is 24.7 Å². The summed E-state index contributed by atoms with van der Waals surface area (Å²) in [7, 11) is 0. The Morgan fingerprint density at radius 3 is 2.81 bits per heavy atom. The lowest BCUT2D eigenvalue weighted by Gasteiger charge is -2.19. The van der Waals surface area contributed by atoms with E-state index in [1.54, 1.807) is 5.57 Å². The predicted octanol–water partition coefficient (Wildman–Crippen LogP) is 3.93. The molecule has 4 heteroatoms. The van der Waals surface area contributed by atoms with Crippen LogP contribution in [-0.4, -0.2) is 47.2 Å². The van der Waals surface area contributed by atoms with E-state index in [0.717, 1.165) is 37.9 Å². The van der Waals surface area contributed by atoms with Crippen molar-refractivity contribution in [2.75, 3.05) is 19.7 Å². The molecule has 0 radical (unpaired) electrons. The van der Waals surface area contributed by atoms with Gasteiger partial charge in [0, 0.05) is 18.9 Å². The Morgan fingerprint density at radius 2 is 2.00 bits per heavy atom. The largest absolute Gasteiger partial charge is 0.396 e. The molecule has 31 heavy (non-hydrogen) atoms. The summed E-state index contributed by atoms with van der Waals surface area (Å²) >= 11 is 0. The van der Waals surface area contributed by atoms with Crippen molar-refractivity contribution in [1.82, 2.24) is 5.32 Å². The van der Waals surface area contributed by atoms with Gasteiger partial charge in [-0.15, -0.1) is 0 Å². The molecule has 4 nitrogen and oxygen atoms in total. The Hall–Kier alpha value is -1.46. The first-order valence-corrected chi connectivity index (χ1v) is 12.2. The summed E-state index contributed by atoms with van der Waals surface area (Å²) in [6.45, 7) is 4.28. The summed E-state index contributed by atoms with van der Waals surface area (Å²) in [5, 5.41) is 33.2. The van der Waals surface area contributed by atoms with E-state index in [1.165, 1.54) is 31.2 Å². The zero-order valence-electron chi connectivity index (χ0n) is 19.0. The first-order chi connectivity index (χ1) is 15.1. The Bertz CT molecular complexity index is 729. The molecule has 0 unspecified atom stereocenters. The summed E-state index contributed by atoms with van der Waals surface area (Å²) < 4.78 is 0. The number of aliphatic hydroxyl groups excluding tert-OH is 3. The third kappa shape index (κ3) is 7.57. The minimum atomic E-state index is -0.507. The first-order valence-electron chi connectivity index (χ1n) is 12.2. The maximum Gasteiger partial charge on any atom is 0.0761 e. The first kappa shape index (κ1) is 24.2. The Kier molecular flexibility index (Phi) is 9.79. The highest BCUT2D eigenvalue weighted by Gasteiger charge is 2.43. The Balaban J connectivity index is 1.39. The zero-order chi connectivity index (χ0) is 22.1. The summed E-state index contributed by atoms with van der Waals surface area (Å²) in [6.07, 6.45) is 13.9. The van der Waals surface area contributed by atoms with Crippen molar-refractivity contribution in [2.45, 2.75) is 70.5 Å². The summed E-state index contributed by atoms with van der Waals surface area (Å²) in [4.78, 5) is 0. The van der Waals surface area contributed by atoms with E-state index >= 15 is 0 Å². The van der Waals surface area contributed by atoms with Crippen LogP contribution >= 0.6 is 0 Å². The van der Waals surface area contributed by atoms with Crippen molar-refractivity contribution in [3.05, 3.63) is 59.2 Å². The van der Waals surface area contributed by atoms with Gasteiger partial charge in [0.05, 0.1) is 12.2 Å². The molecule has 3 rings (SSSR count). The van der Waals surface area contributed by atoms with Crippen LogP contribution in [0.4, 0.5) is 0 Å². The second-order valence-electron chi connectivity index (χ2n) is 9.52. The number of hydrogen-bond acceptors (Lipinski definition) is 4. The summed E-state index contributed by atoms with van der Waals surface area (Å²) in [6, 6.07) is 8.28. The number of aliphatic hydroxyl groups is 3. The number of benzene rings is 1. The maximum absolute atomic E-state index is 10.6. The van der Waals surface area contributed by atoms with Gasteiger partial charge in [-0.1, -0.05) is 60.1 Å². The lowest BCUT2D eigenvalue weighted by molar-refractivity contribution is 0.140. The highest BCUT2D eigenvalue weighted by atomic mass is 16.3. The predicted molar refractivity (Wildman–Crippen MR) is 127 cm³/mol. The van der Waals surface area contributed by atoms with E-state index < -0.39 is 6.10 Å². The molecule has 172 valence electrons. The topological polar surface area (TPSA) is 72.7 Å². The van der Waals surface area contributed by atoms with Crippen LogP contribution in [0.1, 0.15) is 56.1 Å². The number of rotatable bonds is 13. The van der Waals surface area contributed by atoms with E-state index in [9.17, 15) is 10.2 Å². The highest BCUT2D eigenvalue weighted by Crippen LogP contribution is 2.48. The molecule has 1 aromatic rings. The van der Waals surface area contributed by atoms with Gasteiger partial charge in [-0.3, -0.25) is 0 Å². The van der Waals surface area contributed by atoms with Gasteiger partial charge in [-0.05, 0) is 75.9 Å². The number of allylic oxidation sites excluding steroid dienone is 2. The van der Waals surface area contributed by atoms with E-state index in [4.69, 9.17) is 5.11 Å². The van der Waals surface area contributed by atoms with E-state index in [2.05, 4.69) is 42.6 Å². The van der Waals surface area contributed by atoms with Gasteiger partial charge in [-0.2, -0.15) is 0 Å². The van der Waals surface area contributed by atoms with Crippen LogP contribution in [0.25, 0.3) is 0 Å². The molecule has 4 N–H and O–H groups in total. The molecule has 2 aliphatic carbocycles. The van der Waals surface area contributed by atoms with Gasteiger partial charge >= 0.3 is 0 Å². The summed E-state index contributed by atoms with van der Waals surface area (Å²) in [5.74, 6) is 1.14. The van der Waals surface area contributed by atoms with Crippen LogP contribution in [-0.2, 0) is 6.42 Å². The van der Waals surface area contributed by atoms with Gasteiger partial charge < -0.3 is 20.6 Å². The molecule has 0 bridgehead atoms. The minimum absolute atomic E-state index is 0.154. The lowest BCUT2D eigenvalue weighted by atomic mass is 9.88.